The van der Waals surface area contributed by atoms with Crippen LogP contribution in [-0.4, -0.2) is 31.7 Å². The SMILES string of the molecule is C=C(C)[C@@H](CCO)OCOC. The molecule has 0 fully saturated rings. The van der Waals surface area contributed by atoms with Gasteiger partial charge in [-0.25, -0.2) is 0 Å². The van der Waals surface area contributed by atoms with Crippen molar-refractivity contribution in [3.05, 3.63) is 12.2 Å². The molecule has 0 aromatic rings. The fourth-order valence-electron chi connectivity index (χ4n) is 0.739. The molecule has 1 N–H and O–H groups in total. The van der Waals surface area contributed by atoms with Crippen molar-refractivity contribution < 1.29 is 14.6 Å². The molecule has 1 atom stereocenters. The Labute approximate surface area is 67.6 Å². The smallest absolute Gasteiger partial charge is 0.147 e. The number of methoxy groups -OCH3 is 1. The number of aliphatic hydroxyl groups excluding tert-OH is 1. The van der Waals surface area contributed by atoms with E-state index in [0.29, 0.717) is 6.42 Å². The first-order valence-corrected chi connectivity index (χ1v) is 3.59. The minimum absolute atomic E-state index is 0.0834. The van der Waals surface area contributed by atoms with Crippen molar-refractivity contribution in [1.82, 2.24) is 0 Å². The summed E-state index contributed by atoms with van der Waals surface area (Å²) in [5.41, 5.74) is 0.913. The molecule has 0 heterocycles. The molecule has 0 saturated heterocycles. The van der Waals surface area contributed by atoms with Crippen molar-refractivity contribution in [3.63, 3.8) is 0 Å². The average Bonchev–Trinajstić information content (AvgIpc) is 1.97. The third-order valence-corrected chi connectivity index (χ3v) is 1.33. The van der Waals surface area contributed by atoms with E-state index in [9.17, 15) is 0 Å². The molecule has 0 aromatic carbocycles. The van der Waals surface area contributed by atoms with Gasteiger partial charge in [-0.05, 0) is 6.92 Å². The second kappa shape index (κ2) is 6.34. The minimum atomic E-state index is -0.0834. The maximum atomic E-state index is 8.62. The standard InChI is InChI=1S/C8H16O3/c1-7(2)8(4-5-9)11-6-10-3/h8-9H,1,4-6H2,2-3H3/t8-/m1/s1. The fourth-order valence-corrected chi connectivity index (χ4v) is 0.739. The largest absolute Gasteiger partial charge is 0.396 e. The van der Waals surface area contributed by atoms with Crippen LogP contribution in [0.3, 0.4) is 0 Å². The lowest BCUT2D eigenvalue weighted by Crippen LogP contribution is -2.16. The Morgan fingerprint density at radius 2 is 2.27 bits per heavy atom. The van der Waals surface area contributed by atoms with Gasteiger partial charge in [0.1, 0.15) is 6.79 Å². The molecule has 11 heavy (non-hydrogen) atoms. The van der Waals surface area contributed by atoms with Gasteiger partial charge in [0.2, 0.25) is 0 Å². The van der Waals surface area contributed by atoms with E-state index < -0.39 is 0 Å². The van der Waals surface area contributed by atoms with E-state index in [2.05, 4.69) is 6.58 Å². The molecule has 0 aliphatic carbocycles. The van der Waals surface area contributed by atoms with Gasteiger partial charge in [0.25, 0.3) is 0 Å². The van der Waals surface area contributed by atoms with Crippen molar-refractivity contribution in [3.8, 4) is 0 Å². The summed E-state index contributed by atoms with van der Waals surface area (Å²) in [5.74, 6) is 0. The summed E-state index contributed by atoms with van der Waals surface area (Å²) in [4.78, 5) is 0. The van der Waals surface area contributed by atoms with Crippen LogP contribution in [0.4, 0.5) is 0 Å². The molecule has 0 saturated carbocycles. The lowest BCUT2D eigenvalue weighted by Gasteiger charge is -2.15. The normalized spacial score (nSPS) is 13.0. The number of hydrogen-bond acceptors (Lipinski definition) is 3. The molecule has 0 spiro atoms. The molecular formula is C8H16O3. The van der Waals surface area contributed by atoms with E-state index in [4.69, 9.17) is 14.6 Å². The van der Waals surface area contributed by atoms with Crippen molar-refractivity contribution in [2.75, 3.05) is 20.5 Å². The van der Waals surface area contributed by atoms with E-state index in [0.717, 1.165) is 5.57 Å². The number of ether oxygens (including phenoxy) is 2. The van der Waals surface area contributed by atoms with Gasteiger partial charge in [-0.15, -0.1) is 0 Å². The zero-order valence-electron chi connectivity index (χ0n) is 7.17. The minimum Gasteiger partial charge on any atom is -0.396 e. The van der Waals surface area contributed by atoms with Gasteiger partial charge in [0.05, 0.1) is 6.10 Å². The van der Waals surface area contributed by atoms with Gasteiger partial charge >= 0.3 is 0 Å². The van der Waals surface area contributed by atoms with Crippen molar-refractivity contribution in [1.29, 1.82) is 0 Å². The van der Waals surface area contributed by atoms with Gasteiger partial charge in [-0.2, -0.15) is 0 Å². The monoisotopic (exact) mass is 160 g/mol. The number of hydrogen-bond donors (Lipinski definition) is 1. The summed E-state index contributed by atoms with van der Waals surface area (Å²) in [6.07, 6.45) is 0.499. The Kier molecular flexibility index (Phi) is 6.12. The predicted octanol–water partition coefficient (Wildman–Crippen LogP) is 0.934. The number of rotatable bonds is 6. The Morgan fingerprint density at radius 1 is 1.64 bits per heavy atom. The van der Waals surface area contributed by atoms with Gasteiger partial charge in [0.15, 0.2) is 0 Å². The second-order valence-electron chi connectivity index (χ2n) is 2.42. The topological polar surface area (TPSA) is 38.7 Å². The molecule has 0 rings (SSSR count). The van der Waals surface area contributed by atoms with Crippen molar-refractivity contribution in [2.45, 2.75) is 19.4 Å². The maximum absolute atomic E-state index is 8.62. The molecule has 0 aliphatic rings. The van der Waals surface area contributed by atoms with Crippen LogP contribution in [0, 0.1) is 0 Å². The van der Waals surface area contributed by atoms with Crippen LogP contribution < -0.4 is 0 Å². The van der Waals surface area contributed by atoms with Crippen LogP contribution in [0.5, 0.6) is 0 Å². The molecule has 3 heteroatoms. The van der Waals surface area contributed by atoms with E-state index >= 15 is 0 Å². The van der Waals surface area contributed by atoms with Crippen LogP contribution in [0.1, 0.15) is 13.3 Å². The van der Waals surface area contributed by atoms with Crippen molar-refractivity contribution >= 4 is 0 Å². The van der Waals surface area contributed by atoms with Gasteiger partial charge in [-0.1, -0.05) is 12.2 Å². The van der Waals surface area contributed by atoms with Crippen LogP contribution in [0.2, 0.25) is 0 Å². The first-order chi connectivity index (χ1) is 5.22. The fraction of sp³-hybridized carbons (Fsp3) is 0.750. The summed E-state index contributed by atoms with van der Waals surface area (Å²) in [7, 11) is 1.56. The number of aliphatic hydroxyl groups is 1. The molecule has 0 unspecified atom stereocenters. The van der Waals surface area contributed by atoms with E-state index in [1.54, 1.807) is 7.11 Å². The Balaban J connectivity index is 3.60. The van der Waals surface area contributed by atoms with Gasteiger partial charge in [0, 0.05) is 20.1 Å². The van der Waals surface area contributed by atoms with E-state index in [1.807, 2.05) is 6.92 Å². The van der Waals surface area contributed by atoms with E-state index in [1.165, 1.54) is 0 Å². The lowest BCUT2D eigenvalue weighted by molar-refractivity contribution is -0.0643. The molecule has 0 aromatic heterocycles. The van der Waals surface area contributed by atoms with E-state index in [-0.39, 0.29) is 19.5 Å². The molecule has 0 aliphatic heterocycles. The van der Waals surface area contributed by atoms with Gasteiger partial charge in [-0.3, -0.25) is 0 Å². The molecule has 66 valence electrons. The maximum Gasteiger partial charge on any atom is 0.147 e. The Bertz CT molecular complexity index is 112. The lowest BCUT2D eigenvalue weighted by atomic mass is 10.1. The van der Waals surface area contributed by atoms with Gasteiger partial charge < -0.3 is 14.6 Å². The highest BCUT2D eigenvalue weighted by Gasteiger charge is 2.07. The Morgan fingerprint density at radius 3 is 2.64 bits per heavy atom. The highest BCUT2D eigenvalue weighted by Crippen LogP contribution is 2.07. The van der Waals surface area contributed by atoms with Crippen LogP contribution in [-0.2, 0) is 9.47 Å². The zero-order valence-corrected chi connectivity index (χ0v) is 7.17. The molecular weight excluding hydrogens is 144 g/mol. The quantitative estimate of drug-likeness (QED) is 0.464. The summed E-state index contributed by atoms with van der Waals surface area (Å²) in [5, 5.41) is 8.62. The molecule has 0 radical (unpaired) electrons. The summed E-state index contributed by atoms with van der Waals surface area (Å²) < 4.78 is 9.94. The Hall–Kier alpha value is -0.380. The summed E-state index contributed by atoms with van der Waals surface area (Å²) >= 11 is 0. The average molecular weight is 160 g/mol. The highest BCUT2D eigenvalue weighted by atomic mass is 16.7. The third kappa shape index (κ3) is 4.95. The molecule has 0 amide bonds. The molecule has 3 nitrogen and oxygen atoms in total. The summed E-state index contributed by atoms with van der Waals surface area (Å²) in [6, 6.07) is 0. The van der Waals surface area contributed by atoms with Crippen LogP contribution in [0.15, 0.2) is 12.2 Å². The highest BCUT2D eigenvalue weighted by molar-refractivity contribution is 4.97. The van der Waals surface area contributed by atoms with Crippen LogP contribution in [0.25, 0.3) is 0 Å². The van der Waals surface area contributed by atoms with Crippen molar-refractivity contribution in [2.24, 2.45) is 0 Å². The predicted molar refractivity (Wildman–Crippen MR) is 43.3 cm³/mol. The molecule has 0 bridgehead atoms. The van der Waals surface area contributed by atoms with Crippen LogP contribution >= 0.6 is 0 Å². The first-order valence-electron chi connectivity index (χ1n) is 3.59. The second-order valence-corrected chi connectivity index (χ2v) is 2.42. The third-order valence-electron chi connectivity index (χ3n) is 1.33. The zero-order chi connectivity index (χ0) is 8.69. The first kappa shape index (κ1) is 10.6. The summed E-state index contributed by atoms with van der Waals surface area (Å²) in [6.45, 7) is 5.97.